The highest BCUT2D eigenvalue weighted by atomic mass is 32.2. The number of carbonyl (C=O) groups excluding carboxylic acids is 3. The molecule has 5 rings (SSSR count). The van der Waals surface area contributed by atoms with Crippen molar-refractivity contribution >= 4 is 29.5 Å². The quantitative estimate of drug-likeness (QED) is 0.333. The number of benzene rings is 3. The number of fused-ring (bicyclic) bond motifs is 1. The minimum Gasteiger partial charge on any atom is -0.498 e. The van der Waals surface area contributed by atoms with Gasteiger partial charge in [0.05, 0.1) is 12.9 Å². The Balaban J connectivity index is 1.31. The number of thioether (sulfide) groups is 1. The number of hydrogen-bond donors (Lipinski definition) is 1. The second-order valence-electron chi connectivity index (χ2n) is 8.64. The smallest absolute Gasteiger partial charge is 0.359 e. The molecule has 0 aliphatic carbocycles. The molecule has 2 heterocycles. The standard InChI is InChI=1S/C29H26N2O6S/c1-35-22-18-38-28-24(30-23(32)17-36-21-15-9-4-10-16-21)27(33)31(28)25(22)29(34)37-26(19-11-5-2-6-12-19)20-13-7-3-8-14-20/h2-16,24,26,28H,17-18H2,1H3,(H,30,32)/t24-,28-/m0/s1. The van der Waals surface area contributed by atoms with Crippen LogP contribution in [-0.2, 0) is 23.9 Å². The molecule has 0 saturated carbocycles. The highest BCUT2D eigenvalue weighted by Crippen LogP contribution is 2.41. The van der Waals surface area contributed by atoms with Gasteiger partial charge in [-0.1, -0.05) is 78.9 Å². The summed E-state index contributed by atoms with van der Waals surface area (Å²) in [5, 5.41) is 2.27. The number of carbonyl (C=O) groups is 3. The Morgan fingerprint density at radius 3 is 2.11 bits per heavy atom. The number of nitrogens with zero attached hydrogens (tertiary/aromatic N) is 1. The van der Waals surface area contributed by atoms with Crippen LogP contribution in [0.25, 0.3) is 0 Å². The fourth-order valence-electron chi connectivity index (χ4n) is 4.36. The summed E-state index contributed by atoms with van der Waals surface area (Å²) in [4.78, 5) is 40.6. The first kappa shape index (κ1) is 25.4. The lowest BCUT2D eigenvalue weighted by Crippen LogP contribution is -2.71. The molecule has 1 saturated heterocycles. The molecule has 194 valence electrons. The molecule has 2 aliphatic heterocycles. The average Bonchev–Trinajstić information content (AvgIpc) is 2.98. The van der Waals surface area contributed by atoms with E-state index in [2.05, 4.69) is 5.32 Å². The molecular formula is C29H26N2O6S. The largest absolute Gasteiger partial charge is 0.498 e. The molecule has 0 unspecified atom stereocenters. The van der Waals surface area contributed by atoms with Crippen molar-refractivity contribution in [2.24, 2.45) is 0 Å². The molecule has 38 heavy (non-hydrogen) atoms. The van der Waals surface area contributed by atoms with Crippen molar-refractivity contribution in [3.8, 4) is 5.75 Å². The Bertz CT molecular complexity index is 1290. The highest BCUT2D eigenvalue weighted by molar-refractivity contribution is 8.00. The zero-order valence-corrected chi connectivity index (χ0v) is 21.4. The van der Waals surface area contributed by atoms with E-state index in [1.165, 1.54) is 23.8 Å². The first-order valence-electron chi connectivity index (χ1n) is 12.1. The Morgan fingerprint density at radius 2 is 1.53 bits per heavy atom. The van der Waals surface area contributed by atoms with Crippen LogP contribution in [0.5, 0.6) is 5.75 Å². The molecule has 2 amide bonds. The summed E-state index contributed by atoms with van der Waals surface area (Å²) in [5.41, 5.74) is 1.66. The number of ether oxygens (including phenoxy) is 3. The van der Waals surface area contributed by atoms with Crippen molar-refractivity contribution in [3.05, 3.63) is 114 Å². The minimum absolute atomic E-state index is 0.0594. The number of β-lactam (4-membered cyclic amide) rings is 1. The molecule has 8 nitrogen and oxygen atoms in total. The topological polar surface area (TPSA) is 94.2 Å². The van der Waals surface area contributed by atoms with Gasteiger partial charge in [-0.15, -0.1) is 11.8 Å². The maximum Gasteiger partial charge on any atom is 0.359 e. The Morgan fingerprint density at radius 1 is 0.947 bits per heavy atom. The zero-order chi connectivity index (χ0) is 26.5. The Hall–Kier alpha value is -4.24. The number of rotatable bonds is 9. The van der Waals surface area contributed by atoms with Crippen LogP contribution < -0.4 is 10.1 Å². The van der Waals surface area contributed by atoms with Crippen LogP contribution in [0.15, 0.2) is 102 Å². The van der Waals surface area contributed by atoms with Gasteiger partial charge in [0, 0.05) is 0 Å². The monoisotopic (exact) mass is 530 g/mol. The molecule has 0 aromatic heterocycles. The van der Waals surface area contributed by atoms with E-state index in [-0.39, 0.29) is 12.3 Å². The first-order chi connectivity index (χ1) is 18.6. The van der Waals surface area contributed by atoms with Gasteiger partial charge in [0.25, 0.3) is 11.8 Å². The van der Waals surface area contributed by atoms with Gasteiger partial charge in [0.1, 0.15) is 22.9 Å². The van der Waals surface area contributed by atoms with Gasteiger partial charge in [-0.25, -0.2) is 4.79 Å². The van der Waals surface area contributed by atoms with E-state index in [1.54, 1.807) is 24.3 Å². The van der Waals surface area contributed by atoms with Gasteiger partial charge in [-0.2, -0.15) is 0 Å². The van der Waals surface area contributed by atoms with Gasteiger partial charge in [0.2, 0.25) is 0 Å². The third kappa shape index (κ3) is 5.24. The molecule has 0 bridgehead atoms. The van der Waals surface area contributed by atoms with E-state index in [0.29, 0.717) is 17.3 Å². The first-order valence-corrected chi connectivity index (χ1v) is 13.1. The second kappa shape index (κ2) is 11.4. The maximum atomic E-state index is 13.6. The van der Waals surface area contributed by atoms with E-state index in [0.717, 1.165) is 11.1 Å². The molecule has 9 heteroatoms. The number of methoxy groups -OCH3 is 1. The van der Waals surface area contributed by atoms with E-state index < -0.39 is 35.3 Å². The minimum atomic E-state index is -0.785. The molecule has 3 aromatic carbocycles. The summed E-state index contributed by atoms with van der Waals surface area (Å²) in [5.74, 6) is -0.250. The summed E-state index contributed by atoms with van der Waals surface area (Å²) >= 11 is 1.41. The number of nitrogens with one attached hydrogen (secondary N) is 1. The average molecular weight is 531 g/mol. The third-order valence-corrected chi connectivity index (χ3v) is 7.49. The number of esters is 1. The number of amides is 2. The van der Waals surface area contributed by atoms with Gasteiger partial charge >= 0.3 is 5.97 Å². The van der Waals surface area contributed by atoms with Crippen LogP contribution in [0.1, 0.15) is 17.2 Å². The zero-order valence-electron chi connectivity index (χ0n) is 20.6. The van der Waals surface area contributed by atoms with Crippen molar-refractivity contribution in [2.75, 3.05) is 19.5 Å². The predicted molar refractivity (Wildman–Crippen MR) is 142 cm³/mol. The molecule has 2 aliphatic rings. The van der Waals surface area contributed by atoms with Crippen molar-refractivity contribution in [1.29, 1.82) is 0 Å². The maximum absolute atomic E-state index is 13.6. The lowest BCUT2D eigenvalue weighted by atomic mass is 10.0. The van der Waals surface area contributed by atoms with E-state index >= 15 is 0 Å². The predicted octanol–water partition coefficient (Wildman–Crippen LogP) is 3.66. The molecule has 0 spiro atoms. The van der Waals surface area contributed by atoms with Crippen molar-refractivity contribution in [3.63, 3.8) is 0 Å². The Kier molecular flexibility index (Phi) is 7.65. The highest BCUT2D eigenvalue weighted by Gasteiger charge is 2.55. The van der Waals surface area contributed by atoms with Crippen molar-refractivity contribution in [2.45, 2.75) is 17.5 Å². The third-order valence-electron chi connectivity index (χ3n) is 6.23. The van der Waals surface area contributed by atoms with E-state index in [1.807, 2.05) is 66.7 Å². The lowest BCUT2D eigenvalue weighted by molar-refractivity contribution is -0.155. The fourth-order valence-corrected chi connectivity index (χ4v) is 5.68. The molecule has 0 radical (unpaired) electrons. The summed E-state index contributed by atoms with van der Waals surface area (Å²) in [6.07, 6.45) is -0.675. The van der Waals surface area contributed by atoms with E-state index in [9.17, 15) is 14.4 Å². The lowest BCUT2D eigenvalue weighted by Gasteiger charge is -2.49. The Labute approximate surface area is 224 Å². The summed E-state index contributed by atoms with van der Waals surface area (Å²) in [6, 6.07) is 27.0. The van der Waals surface area contributed by atoms with Gasteiger partial charge in [-0.05, 0) is 23.3 Å². The van der Waals surface area contributed by atoms with Gasteiger partial charge < -0.3 is 19.5 Å². The molecule has 3 aromatic rings. The molecule has 2 atom stereocenters. The number of hydrogen-bond acceptors (Lipinski definition) is 7. The molecular weight excluding hydrogens is 504 g/mol. The summed E-state index contributed by atoms with van der Waals surface area (Å²) in [6.45, 7) is -0.227. The van der Waals surface area contributed by atoms with E-state index in [4.69, 9.17) is 14.2 Å². The van der Waals surface area contributed by atoms with Crippen LogP contribution in [0.4, 0.5) is 0 Å². The second-order valence-corrected chi connectivity index (χ2v) is 9.74. The van der Waals surface area contributed by atoms with Gasteiger partial charge in [0.15, 0.2) is 18.4 Å². The number of para-hydroxylation sites is 1. The van der Waals surface area contributed by atoms with Crippen LogP contribution in [0.3, 0.4) is 0 Å². The molecule has 1 fully saturated rings. The normalized spacial score (nSPS) is 18.4. The van der Waals surface area contributed by atoms with Crippen LogP contribution >= 0.6 is 11.8 Å². The van der Waals surface area contributed by atoms with Crippen molar-refractivity contribution < 1.29 is 28.6 Å². The SMILES string of the molecule is COC1=C(C(=O)OC(c2ccccc2)c2ccccc2)N2C(=O)[C@H](NC(=O)COc3ccccc3)[C@@H]2SC1. The summed E-state index contributed by atoms with van der Waals surface area (Å²) < 4.78 is 17.0. The fraction of sp³-hybridized carbons (Fsp3) is 0.207. The van der Waals surface area contributed by atoms with Crippen LogP contribution in [-0.4, -0.2) is 53.6 Å². The van der Waals surface area contributed by atoms with Gasteiger partial charge in [-0.3, -0.25) is 14.5 Å². The molecule has 1 N–H and O–H groups in total. The van der Waals surface area contributed by atoms with Crippen LogP contribution in [0.2, 0.25) is 0 Å². The summed E-state index contributed by atoms with van der Waals surface area (Å²) in [7, 11) is 1.46. The van der Waals surface area contributed by atoms with Crippen LogP contribution in [0, 0.1) is 0 Å². The van der Waals surface area contributed by atoms with Crippen molar-refractivity contribution in [1.82, 2.24) is 10.2 Å².